The molecule has 3 rings (SSSR count). The van der Waals surface area contributed by atoms with Crippen molar-refractivity contribution in [2.24, 2.45) is 0 Å². The number of hydrogen-bond acceptors (Lipinski definition) is 3. The molecule has 0 spiro atoms. The second-order valence-corrected chi connectivity index (χ2v) is 6.93. The SMILES string of the molecule is Cc1cc(NC(=O)NC2CCCC2)cc(N2CCN(C)CC2)c1. The van der Waals surface area contributed by atoms with Gasteiger partial charge in [0.25, 0.3) is 0 Å². The summed E-state index contributed by atoms with van der Waals surface area (Å²) in [6.07, 6.45) is 4.66. The van der Waals surface area contributed by atoms with E-state index in [1.54, 1.807) is 0 Å². The molecule has 1 aliphatic heterocycles. The number of piperazine rings is 1. The van der Waals surface area contributed by atoms with Gasteiger partial charge >= 0.3 is 6.03 Å². The maximum absolute atomic E-state index is 12.2. The van der Waals surface area contributed by atoms with E-state index in [0.717, 1.165) is 44.7 Å². The highest BCUT2D eigenvalue weighted by Gasteiger charge is 2.18. The molecule has 1 aromatic rings. The van der Waals surface area contributed by atoms with Gasteiger partial charge in [-0.3, -0.25) is 0 Å². The van der Waals surface area contributed by atoms with Gasteiger partial charge < -0.3 is 20.4 Å². The second kappa shape index (κ2) is 7.21. The van der Waals surface area contributed by atoms with Crippen molar-refractivity contribution in [2.75, 3.05) is 43.4 Å². The Morgan fingerprint density at radius 3 is 2.48 bits per heavy atom. The molecule has 1 saturated heterocycles. The predicted molar refractivity (Wildman–Crippen MR) is 95.3 cm³/mol. The molecule has 1 aliphatic carbocycles. The lowest BCUT2D eigenvalue weighted by molar-refractivity contribution is 0.248. The van der Waals surface area contributed by atoms with E-state index in [-0.39, 0.29) is 6.03 Å². The van der Waals surface area contributed by atoms with Crippen molar-refractivity contribution in [1.82, 2.24) is 10.2 Å². The van der Waals surface area contributed by atoms with Crippen LogP contribution in [0.1, 0.15) is 31.2 Å². The Balaban J connectivity index is 1.63. The molecule has 1 aromatic carbocycles. The smallest absolute Gasteiger partial charge is 0.319 e. The number of nitrogens with one attached hydrogen (secondary N) is 2. The first-order chi connectivity index (χ1) is 11.1. The molecule has 126 valence electrons. The number of urea groups is 1. The molecule has 0 aromatic heterocycles. The van der Waals surface area contributed by atoms with Crippen LogP contribution in [0.15, 0.2) is 18.2 Å². The average molecular weight is 316 g/mol. The van der Waals surface area contributed by atoms with Crippen LogP contribution in [0, 0.1) is 6.92 Å². The molecule has 1 saturated carbocycles. The van der Waals surface area contributed by atoms with Crippen LogP contribution in [0.5, 0.6) is 0 Å². The summed E-state index contributed by atoms with van der Waals surface area (Å²) in [7, 11) is 2.16. The Labute approximate surface area is 139 Å². The number of benzene rings is 1. The molecule has 0 atom stereocenters. The van der Waals surface area contributed by atoms with Crippen molar-refractivity contribution in [2.45, 2.75) is 38.6 Å². The van der Waals surface area contributed by atoms with Crippen molar-refractivity contribution in [3.8, 4) is 0 Å². The number of rotatable bonds is 3. The molecule has 2 amide bonds. The standard InChI is InChI=1S/C18H28N4O/c1-14-11-16(20-18(23)19-15-5-3-4-6-15)13-17(12-14)22-9-7-21(2)8-10-22/h11-13,15H,3-10H2,1-2H3,(H2,19,20,23). The second-order valence-electron chi connectivity index (χ2n) is 6.93. The number of carbonyl (C=O) groups excluding carboxylic acids is 1. The van der Waals surface area contributed by atoms with Gasteiger partial charge in [0, 0.05) is 43.6 Å². The highest BCUT2D eigenvalue weighted by atomic mass is 16.2. The minimum absolute atomic E-state index is 0.0770. The van der Waals surface area contributed by atoms with Crippen molar-refractivity contribution in [3.05, 3.63) is 23.8 Å². The molecule has 5 nitrogen and oxygen atoms in total. The number of amides is 2. The van der Waals surface area contributed by atoms with Gasteiger partial charge in [-0.15, -0.1) is 0 Å². The highest BCUT2D eigenvalue weighted by Crippen LogP contribution is 2.24. The van der Waals surface area contributed by atoms with E-state index in [1.165, 1.54) is 24.1 Å². The molecule has 5 heteroatoms. The third-order valence-corrected chi connectivity index (χ3v) is 4.88. The summed E-state index contributed by atoms with van der Waals surface area (Å²) >= 11 is 0. The quantitative estimate of drug-likeness (QED) is 0.901. The predicted octanol–water partition coefficient (Wildman–Crippen LogP) is 2.81. The minimum Gasteiger partial charge on any atom is -0.369 e. The van der Waals surface area contributed by atoms with E-state index in [1.807, 2.05) is 6.07 Å². The number of anilines is 2. The van der Waals surface area contributed by atoms with Crippen LogP contribution in [0.2, 0.25) is 0 Å². The van der Waals surface area contributed by atoms with Gasteiger partial charge in [-0.1, -0.05) is 12.8 Å². The first-order valence-electron chi connectivity index (χ1n) is 8.73. The van der Waals surface area contributed by atoms with E-state index in [2.05, 4.69) is 46.5 Å². The molecule has 1 heterocycles. The van der Waals surface area contributed by atoms with Gasteiger partial charge in [-0.05, 0) is 50.6 Å². The van der Waals surface area contributed by atoms with Crippen molar-refractivity contribution in [1.29, 1.82) is 0 Å². The Morgan fingerprint density at radius 2 is 1.78 bits per heavy atom. The largest absolute Gasteiger partial charge is 0.369 e. The van der Waals surface area contributed by atoms with Gasteiger partial charge in [-0.2, -0.15) is 0 Å². The summed E-state index contributed by atoms with van der Waals surface area (Å²) in [5.74, 6) is 0. The number of nitrogens with zero attached hydrogens (tertiary/aromatic N) is 2. The molecule has 0 unspecified atom stereocenters. The van der Waals surface area contributed by atoms with Crippen LogP contribution < -0.4 is 15.5 Å². The number of likely N-dealkylation sites (N-methyl/N-ethyl adjacent to an activating group) is 1. The first kappa shape index (κ1) is 16.1. The Morgan fingerprint density at radius 1 is 1.09 bits per heavy atom. The molecule has 0 radical (unpaired) electrons. The zero-order chi connectivity index (χ0) is 16.2. The number of carbonyl (C=O) groups is 1. The van der Waals surface area contributed by atoms with Gasteiger partial charge in [0.2, 0.25) is 0 Å². The highest BCUT2D eigenvalue weighted by molar-refractivity contribution is 5.90. The zero-order valence-electron chi connectivity index (χ0n) is 14.3. The molecule has 2 N–H and O–H groups in total. The van der Waals surface area contributed by atoms with E-state index >= 15 is 0 Å². The van der Waals surface area contributed by atoms with Gasteiger partial charge in [0.05, 0.1) is 0 Å². The monoisotopic (exact) mass is 316 g/mol. The van der Waals surface area contributed by atoms with Crippen LogP contribution >= 0.6 is 0 Å². The summed E-state index contributed by atoms with van der Waals surface area (Å²) in [6.45, 7) is 6.32. The van der Waals surface area contributed by atoms with E-state index < -0.39 is 0 Å². The van der Waals surface area contributed by atoms with Crippen molar-refractivity contribution < 1.29 is 4.79 Å². The van der Waals surface area contributed by atoms with Gasteiger partial charge in [0.15, 0.2) is 0 Å². The van der Waals surface area contributed by atoms with E-state index in [0.29, 0.717) is 6.04 Å². The van der Waals surface area contributed by atoms with Crippen LogP contribution in [-0.2, 0) is 0 Å². The Hall–Kier alpha value is -1.75. The maximum Gasteiger partial charge on any atom is 0.319 e. The molecular formula is C18H28N4O. The lowest BCUT2D eigenvalue weighted by Crippen LogP contribution is -2.44. The summed E-state index contributed by atoms with van der Waals surface area (Å²) in [4.78, 5) is 16.9. The van der Waals surface area contributed by atoms with Gasteiger partial charge in [-0.25, -0.2) is 4.79 Å². The average Bonchev–Trinajstić information content (AvgIpc) is 3.00. The number of hydrogen-bond donors (Lipinski definition) is 2. The summed E-state index contributed by atoms with van der Waals surface area (Å²) < 4.78 is 0. The molecule has 2 fully saturated rings. The molecule has 0 bridgehead atoms. The van der Waals surface area contributed by atoms with E-state index in [9.17, 15) is 4.79 Å². The van der Waals surface area contributed by atoms with Crippen molar-refractivity contribution in [3.63, 3.8) is 0 Å². The third kappa shape index (κ3) is 4.38. The fourth-order valence-electron chi connectivity index (χ4n) is 3.50. The lowest BCUT2D eigenvalue weighted by atomic mass is 10.1. The normalized spacial score (nSPS) is 19.8. The first-order valence-corrected chi connectivity index (χ1v) is 8.73. The fraction of sp³-hybridized carbons (Fsp3) is 0.611. The molecule has 23 heavy (non-hydrogen) atoms. The van der Waals surface area contributed by atoms with Crippen LogP contribution in [0.3, 0.4) is 0 Å². The molecule has 2 aliphatic rings. The molecular weight excluding hydrogens is 288 g/mol. The fourth-order valence-corrected chi connectivity index (χ4v) is 3.50. The minimum atomic E-state index is -0.0770. The Kier molecular flexibility index (Phi) is 5.06. The number of aryl methyl sites for hydroxylation is 1. The summed E-state index contributed by atoms with van der Waals surface area (Å²) in [6, 6.07) is 6.59. The topological polar surface area (TPSA) is 47.6 Å². The lowest BCUT2D eigenvalue weighted by Gasteiger charge is -2.34. The van der Waals surface area contributed by atoms with Crippen LogP contribution in [0.4, 0.5) is 16.2 Å². The Bertz CT molecular complexity index is 546. The van der Waals surface area contributed by atoms with Crippen molar-refractivity contribution >= 4 is 17.4 Å². The zero-order valence-corrected chi connectivity index (χ0v) is 14.3. The van der Waals surface area contributed by atoms with E-state index in [4.69, 9.17) is 0 Å². The maximum atomic E-state index is 12.2. The third-order valence-electron chi connectivity index (χ3n) is 4.88. The van der Waals surface area contributed by atoms with Crippen LogP contribution in [0.25, 0.3) is 0 Å². The summed E-state index contributed by atoms with van der Waals surface area (Å²) in [5, 5.41) is 6.09. The summed E-state index contributed by atoms with van der Waals surface area (Å²) in [5.41, 5.74) is 3.27. The van der Waals surface area contributed by atoms with Gasteiger partial charge in [0.1, 0.15) is 0 Å². The van der Waals surface area contributed by atoms with Crippen LogP contribution in [-0.4, -0.2) is 50.2 Å².